The molecule has 0 fully saturated rings. The number of rotatable bonds is 6. The summed E-state index contributed by atoms with van der Waals surface area (Å²) in [4.78, 5) is 0. The fraction of sp³-hybridized carbons (Fsp3) is 1.00. The lowest BCUT2D eigenvalue weighted by Gasteiger charge is -2.13. The first kappa shape index (κ1) is 17.5. The molecule has 0 amide bonds. The summed E-state index contributed by atoms with van der Waals surface area (Å²) in [6, 6.07) is 0. The molecule has 18 heavy (non-hydrogen) atoms. The van der Waals surface area contributed by atoms with Crippen molar-refractivity contribution in [3.8, 4) is 0 Å². The van der Waals surface area contributed by atoms with E-state index < -0.39 is 49.3 Å². The Kier molecular flexibility index (Phi) is 6.43. The van der Waals surface area contributed by atoms with E-state index in [4.69, 9.17) is 0 Å². The van der Waals surface area contributed by atoms with Gasteiger partial charge in [0.15, 0.2) is 0 Å². The Morgan fingerprint density at radius 2 is 1.11 bits per heavy atom. The SMILES string of the molecule is O=S(OC(F)CC(F)(F)F)OC(F)CC(F)(F)F. The molecule has 0 aromatic heterocycles. The third-order valence-corrected chi connectivity index (χ3v) is 1.88. The maximum absolute atomic E-state index is 12.4. The second-order valence-corrected chi connectivity index (χ2v) is 3.65. The van der Waals surface area contributed by atoms with Crippen molar-refractivity contribution < 1.29 is 47.7 Å². The van der Waals surface area contributed by atoms with Crippen LogP contribution < -0.4 is 0 Å². The van der Waals surface area contributed by atoms with Crippen LogP contribution in [0.2, 0.25) is 0 Å². The maximum Gasteiger partial charge on any atom is 0.394 e. The molecule has 0 aromatic carbocycles. The Hall–Kier alpha value is -0.490. The quantitative estimate of drug-likeness (QED) is 0.707. The van der Waals surface area contributed by atoms with E-state index >= 15 is 0 Å². The van der Waals surface area contributed by atoms with Crippen molar-refractivity contribution in [3.05, 3.63) is 0 Å². The molecule has 3 nitrogen and oxygen atoms in total. The zero-order chi connectivity index (χ0) is 14.6. The van der Waals surface area contributed by atoms with E-state index in [1.165, 1.54) is 0 Å². The van der Waals surface area contributed by atoms with E-state index in [1.807, 2.05) is 0 Å². The van der Waals surface area contributed by atoms with Gasteiger partial charge in [0, 0.05) is 0 Å². The number of hydrogen-bond donors (Lipinski definition) is 0. The molecule has 0 N–H and O–H groups in total. The molecule has 0 saturated heterocycles. The van der Waals surface area contributed by atoms with Crippen LogP contribution in [0.3, 0.4) is 0 Å². The summed E-state index contributed by atoms with van der Waals surface area (Å²) < 4.78 is 111. The summed E-state index contributed by atoms with van der Waals surface area (Å²) in [6.07, 6.45) is -20.5. The van der Waals surface area contributed by atoms with Crippen molar-refractivity contribution in [2.75, 3.05) is 0 Å². The minimum atomic E-state index is -4.98. The Labute approximate surface area is 97.9 Å². The largest absolute Gasteiger partial charge is 0.394 e. The molecule has 12 heteroatoms. The highest BCUT2D eigenvalue weighted by atomic mass is 32.2. The van der Waals surface area contributed by atoms with Gasteiger partial charge in [-0.3, -0.25) is 0 Å². The molecule has 0 radical (unpaired) electrons. The van der Waals surface area contributed by atoms with Crippen molar-refractivity contribution in [3.63, 3.8) is 0 Å². The van der Waals surface area contributed by atoms with Crippen LogP contribution in [0.4, 0.5) is 35.1 Å². The Morgan fingerprint density at radius 1 is 0.833 bits per heavy atom. The molecular weight excluding hydrogens is 304 g/mol. The zero-order valence-electron chi connectivity index (χ0n) is 8.23. The van der Waals surface area contributed by atoms with E-state index in [-0.39, 0.29) is 0 Å². The van der Waals surface area contributed by atoms with Gasteiger partial charge in [0.25, 0.3) is 0 Å². The molecule has 0 aliphatic carbocycles. The molecule has 0 spiro atoms. The van der Waals surface area contributed by atoms with Gasteiger partial charge in [-0.2, -0.15) is 30.6 Å². The second kappa shape index (κ2) is 6.61. The van der Waals surface area contributed by atoms with Crippen LogP contribution in [0.5, 0.6) is 0 Å². The van der Waals surface area contributed by atoms with Gasteiger partial charge in [-0.15, -0.1) is 0 Å². The summed E-state index contributed by atoms with van der Waals surface area (Å²) in [6.45, 7) is 0. The molecule has 2 atom stereocenters. The average Bonchev–Trinajstić information content (AvgIpc) is 1.92. The van der Waals surface area contributed by atoms with Gasteiger partial charge in [-0.1, -0.05) is 0 Å². The highest BCUT2D eigenvalue weighted by molar-refractivity contribution is 7.75. The van der Waals surface area contributed by atoms with E-state index in [2.05, 4.69) is 8.37 Å². The highest BCUT2D eigenvalue weighted by Crippen LogP contribution is 2.26. The van der Waals surface area contributed by atoms with Gasteiger partial charge >= 0.3 is 23.7 Å². The predicted molar refractivity (Wildman–Crippen MR) is 41.4 cm³/mol. The molecule has 0 rings (SSSR count). The third-order valence-electron chi connectivity index (χ3n) is 1.15. The molecule has 2 unspecified atom stereocenters. The van der Waals surface area contributed by atoms with Crippen LogP contribution in [0.25, 0.3) is 0 Å². The number of halogens is 8. The Balaban J connectivity index is 4.04. The molecule has 0 aliphatic rings. The third kappa shape index (κ3) is 10.7. The van der Waals surface area contributed by atoms with Crippen molar-refractivity contribution in [2.24, 2.45) is 0 Å². The summed E-state index contributed by atoms with van der Waals surface area (Å²) in [7, 11) is 0. The van der Waals surface area contributed by atoms with Gasteiger partial charge in [0.2, 0.25) is 12.7 Å². The maximum atomic E-state index is 12.4. The first-order valence-electron chi connectivity index (χ1n) is 4.07. The topological polar surface area (TPSA) is 35.5 Å². The van der Waals surface area contributed by atoms with Crippen LogP contribution in [-0.4, -0.2) is 29.3 Å². The first-order chi connectivity index (χ1) is 7.89. The number of hydrogen-bond acceptors (Lipinski definition) is 3. The smallest absolute Gasteiger partial charge is 0.231 e. The summed E-state index contributed by atoms with van der Waals surface area (Å²) in [5.41, 5.74) is 0. The van der Waals surface area contributed by atoms with E-state index in [1.54, 1.807) is 0 Å². The standard InChI is InChI=1S/C6H6F8O3S/c7-3(1-5(9,10)11)16-18(15)17-4(8)2-6(12,13)14/h3-4H,1-2H2. The van der Waals surface area contributed by atoms with Crippen LogP contribution >= 0.6 is 0 Å². The lowest BCUT2D eigenvalue weighted by molar-refractivity contribution is -0.171. The monoisotopic (exact) mass is 310 g/mol. The van der Waals surface area contributed by atoms with Gasteiger partial charge in [-0.05, 0) is 0 Å². The van der Waals surface area contributed by atoms with Crippen LogP contribution in [0.1, 0.15) is 12.8 Å². The molecule has 0 aliphatic heterocycles. The minimum absolute atomic E-state index is 2.15. The minimum Gasteiger partial charge on any atom is -0.231 e. The lowest BCUT2D eigenvalue weighted by Crippen LogP contribution is -2.23. The summed E-state index contributed by atoms with van der Waals surface area (Å²) in [5, 5.41) is 0. The Bertz CT molecular complexity index is 251. The average molecular weight is 310 g/mol. The van der Waals surface area contributed by atoms with Crippen LogP contribution in [0, 0.1) is 0 Å². The second-order valence-electron chi connectivity index (χ2n) is 2.86. The van der Waals surface area contributed by atoms with Crippen LogP contribution in [-0.2, 0) is 19.7 Å². The fourth-order valence-electron chi connectivity index (χ4n) is 0.625. The zero-order valence-corrected chi connectivity index (χ0v) is 9.04. The van der Waals surface area contributed by atoms with Crippen molar-refractivity contribution in [1.82, 2.24) is 0 Å². The normalized spacial score (nSPS) is 18.4. The molecule has 0 heterocycles. The highest BCUT2D eigenvalue weighted by Gasteiger charge is 2.36. The van der Waals surface area contributed by atoms with E-state index in [9.17, 15) is 39.3 Å². The molecule has 0 aromatic rings. The van der Waals surface area contributed by atoms with Gasteiger partial charge in [-0.25, -0.2) is 17.1 Å². The van der Waals surface area contributed by atoms with Crippen LogP contribution in [0.15, 0.2) is 0 Å². The Morgan fingerprint density at radius 3 is 1.33 bits per heavy atom. The van der Waals surface area contributed by atoms with Gasteiger partial charge < -0.3 is 0 Å². The van der Waals surface area contributed by atoms with Gasteiger partial charge in [0.1, 0.15) is 12.8 Å². The van der Waals surface area contributed by atoms with Crippen molar-refractivity contribution >= 4 is 11.4 Å². The fourth-order valence-corrected chi connectivity index (χ4v) is 1.15. The van der Waals surface area contributed by atoms with Crippen molar-refractivity contribution in [2.45, 2.75) is 37.9 Å². The molecule has 0 bridgehead atoms. The first-order valence-corrected chi connectivity index (χ1v) is 5.07. The molecule has 0 saturated carbocycles. The molecular formula is C6H6F8O3S. The summed E-state index contributed by atoms with van der Waals surface area (Å²) >= 11 is -3.40. The lowest BCUT2D eigenvalue weighted by atomic mass is 10.4. The van der Waals surface area contributed by atoms with E-state index in [0.717, 1.165) is 0 Å². The molecule has 110 valence electrons. The predicted octanol–water partition coefficient (Wildman–Crippen LogP) is 3.09. The van der Waals surface area contributed by atoms with E-state index in [0.29, 0.717) is 0 Å². The number of alkyl halides is 8. The summed E-state index contributed by atoms with van der Waals surface area (Å²) in [5.74, 6) is 0. The van der Waals surface area contributed by atoms with Crippen molar-refractivity contribution in [1.29, 1.82) is 0 Å². The van der Waals surface area contributed by atoms with Gasteiger partial charge in [0.05, 0.1) is 0 Å².